The Bertz CT molecular complexity index is 652. The Morgan fingerprint density at radius 3 is 1.86 bits per heavy atom. The highest BCUT2D eigenvalue weighted by atomic mass is 16.5. The maximum absolute atomic E-state index is 5.36. The number of ether oxygens (including phenoxy) is 2. The fourth-order valence-corrected chi connectivity index (χ4v) is 2.36. The first-order chi connectivity index (χ1) is 10.0. The molecular formula is C19H22O2. The molecule has 21 heavy (non-hydrogen) atoms. The highest BCUT2D eigenvalue weighted by Crippen LogP contribution is 2.29. The van der Waals surface area contributed by atoms with E-state index in [4.69, 9.17) is 9.47 Å². The zero-order valence-corrected chi connectivity index (χ0v) is 13.4. The van der Waals surface area contributed by atoms with Crippen molar-refractivity contribution in [3.8, 4) is 11.5 Å². The Hall–Kier alpha value is -2.22. The van der Waals surface area contributed by atoms with Crippen LogP contribution < -0.4 is 9.47 Å². The minimum Gasteiger partial charge on any atom is -0.497 e. The summed E-state index contributed by atoms with van der Waals surface area (Å²) in [4.78, 5) is 0. The molecule has 2 aromatic carbocycles. The van der Waals surface area contributed by atoms with E-state index in [1.807, 2.05) is 18.2 Å². The highest BCUT2D eigenvalue weighted by Gasteiger charge is 2.06. The monoisotopic (exact) mass is 282 g/mol. The van der Waals surface area contributed by atoms with Gasteiger partial charge in [0.25, 0.3) is 0 Å². The van der Waals surface area contributed by atoms with Gasteiger partial charge in [0.1, 0.15) is 11.5 Å². The summed E-state index contributed by atoms with van der Waals surface area (Å²) in [6.45, 7) is 6.38. The molecule has 2 rings (SSSR count). The molecule has 0 saturated carbocycles. The minimum absolute atomic E-state index is 0.876. The maximum atomic E-state index is 5.36. The molecule has 0 aliphatic rings. The van der Waals surface area contributed by atoms with Gasteiger partial charge in [0.15, 0.2) is 0 Å². The molecule has 0 aromatic heterocycles. The lowest BCUT2D eigenvalue weighted by molar-refractivity contribution is 0.414. The number of allylic oxidation sites excluding steroid dienone is 2. The fraction of sp³-hybridized carbons (Fsp3) is 0.263. The van der Waals surface area contributed by atoms with Crippen LogP contribution in [0.15, 0.2) is 42.5 Å². The summed E-state index contributed by atoms with van der Waals surface area (Å²) in [6, 6.07) is 14.5. The summed E-state index contributed by atoms with van der Waals surface area (Å²) in [5.41, 5.74) is 6.10. The molecule has 0 aliphatic carbocycles. The zero-order valence-electron chi connectivity index (χ0n) is 13.4. The molecule has 0 radical (unpaired) electrons. The van der Waals surface area contributed by atoms with E-state index in [0.29, 0.717) is 0 Å². The second kappa shape index (κ2) is 6.49. The Kier molecular flexibility index (Phi) is 4.69. The molecule has 0 heterocycles. The average Bonchev–Trinajstić information content (AvgIpc) is 2.52. The molecule has 0 aliphatic heterocycles. The van der Waals surface area contributed by atoms with E-state index in [2.05, 4.69) is 45.0 Å². The summed E-state index contributed by atoms with van der Waals surface area (Å²) in [7, 11) is 3.38. The van der Waals surface area contributed by atoms with Crippen LogP contribution in [0.5, 0.6) is 11.5 Å². The van der Waals surface area contributed by atoms with Gasteiger partial charge in [-0.25, -0.2) is 0 Å². The minimum atomic E-state index is 0.876. The van der Waals surface area contributed by atoms with E-state index in [9.17, 15) is 0 Å². The van der Waals surface area contributed by atoms with E-state index in [1.54, 1.807) is 14.2 Å². The molecule has 0 amide bonds. The van der Waals surface area contributed by atoms with Crippen molar-refractivity contribution >= 4 is 11.1 Å². The van der Waals surface area contributed by atoms with Crippen molar-refractivity contribution < 1.29 is 9.47 Å². The van der Waals surface area contributed by atoms with Crippen molar-refractivity contribution in [1.82, 2.24) is 0 Å². The van der Waals surface area contributed by atoms with Crippen molar-refractivity contribution in [3.63, 3.8) is 0 Å². The highest BCUT2D eigenvalue weighted by molar-refractivity contribution is 5.89. The molecule has 0 spiro atoms. The van der Waals surface area contributed by atoms with Gasteiger partial charge in [0.05, 0.1) is 14.2 Å². The summed E-state index contributed by atoms with van der Waals surface area (Å²) in [5, 5.41) is 0. The van der Waals surface area contributed by atoms with Crippen LogP contribution in [0, 0.1) is 6.92 Å². The van der Waals surface area contributed by atoms with Crippen LogP contribution >= 0.6 is 0 Å². The number of aryl methyl sites for hydroxylation is 1. The van der Waals surface area contributed by atoms with Crippen molar-refractivity contribution in [3.05, 3.63) is 59.2 Å². The maximum Gasteiger partial charge on any atom is 0.119 e. The summed E-state index contributed by atoms with van der Waals surface area (Å²) in [6.07, 6.45) is 0. The lowest BCUT2D eigenvalue weighted by atomic mass is 9.96. The van der Waals surface area contributed by atoms with Gasteiger partial charge in [0.2, 0.25) is 0 Å². The molecule has 0 saturated heterocycles. The number of methoxy groups -OCH3 is 2. The molecule has 0 unspecified atom stereocenters. The van der Waals surface area contributed by atoms with Gasteiger partial charge < -0.3 is 9.47 Å². The van der Waals surface area contributed by atoms with Crippen LogP contribution in [0.3, 0.4) is 0 Å². The van der Waals surface area contributed by atoms with Gasteiger partial charge in [-0.3, -0.25) is 0 Å². The van der Waals surface area contributed by atoms with E-state index < -0.39 is 0 Å². The first-order valence-electron chi connectivity index (χ1n) is 7.03. The van der Waals surface area contributed by atoms with Gasteiger partial charge in [-0.1, -0.05) is 18.2 Å². The van der Waals surface area contributed by atoms with Gasteiger partial charge >= 0.3 is 0 Å². The van der Waals surface area contributed by atoms with Crippen molar-refractivity contribution in [2.45, 2.75) is 20.8 Å². The van der Waals surface area contributed by atoms with Crippen LogP contribution in [-0.2, 0) is 0 Å². The zero-order chi connectivity index (χ0) is 15.4. The van der Waals surface area contributed by atoms with Crippen molar-refractivity contribution in [1.29, 1.82) is 0 Å². The van der Waals surface area contributed by atoms with E-state index in [0.717, 1.165) is 11.5 Å². The molecule has 0 N–H and O–H groups in total. The third kappa shape index (κ3) is 3.46. The van der Waals surface area contributed by atoms with Crippen LogP contribution in [0.2, 0.25) is 0 Å². The third-order valence-electron chi connectivity index (χ3n) is 3.81. The number of hydrogen-bond acceptors (Lipinski definition) is 2. The third-order valence-corrected chi connectivity index (χ3v) is 3.81. The number of hydrogen-bond donors (Lipinski definition) is 0. The molecular weight excluding hydrogens is 260 g/mol. The van der Waals surface area contributed by atoms with Gasteiger partial charge in [-0.15, -0.1) is 0 Å². The Morgan fingerprint density at radius 1 is 0.714 bits per heavy atom. The van der Waals surface area contributed by atoms with E-state index >= 15 is 0 Å². The smallest absolute Gasteiger partial charge is 0.119 e. The fourth-order valence-electron chi connectivity index (χ4n) is 2.36. The standard InChI is InChI=1S/C19H22O2/c1-13-10-17(12-19(11-13)21-5)15(3)14(2)16-6-8-18(20-4)9-7-16/h6-12H,1-5H3/b15-14+. The molecule has 2 heteroatoms. The average molecular weight is 282 g/mol. The topological polar surface area (TPSA) is 18.5 Å². The van der Waals surface area contributed by atoms with Gasteiger partial charge in [-0.2, -0.15) is 0 Å². The largest absolute Gasteiger partial charge is 0.497 e. The quantitative estimate of drug-likeness (QED) is 0.738. The number of rotatable bonds is 4. The van der Waals surface area contributed by atoms with Crippen LogP contribution in [-0.4, -0.2) is 14.2 Å². The van der Waals surface area contributed by atoms with E-state index in [-0.39, 0.29) is 0 Å². The molecule has 0 fully saturated rings. The van der Waals surface area contributed by atoms with E-state index in [1.165, 1.54) is 27.8 Å². The Balaban J connectivity index is 2.43. The van der Waals surface area contributed by atoms with Crippen LogP contribution in [0.4, 0.5) is 0 Å². The predicted octanol–water partition coefficient (Wildman–Crippen LogP) is 4.96. The molecule has 2 nitrogen and oxygen atoms in total. The van der Waals surface area contributed by atoms with Gasteiger partial charge in [-0.05, 0) is 72.9 Å². The SMILES string of the molecule is COc1ccc(/C(C)=C(\C)c2cc(C)cc(OC)c2)cc1. The second-order valence-corrected chi connectivity index (χ2v) is 5.22. The molecule has 2 aromatic rings. The molecule has 0 atom stereocenters. The Morgan fingerprint density at radius 2 is 1.29 bits per heavy atom. The summed E-state index contributed by atoms with van der Waals surface area (Å²) in [5.74, 6) is 1.77. The summed E-state index contributed by atoms with van der Waals surface area (Å²) < 4.78 is 10.6. The van der Waals surface area contributed by atoms with Gasteiger partial charge in [0, 0.05) is 0 Å². The summed E-state index contributed by atoms with van der Waals surface area (Å²) >= 11 is 0. The predicted molar refractivity (Wildman–Crippen MR) is 88.9 cm³/mol. The van der Waals surface area contributed by atoms with Crippen molar-refractivity contribution in [2.75, 3.05) is 14.2 Å². The second-order valence-electron chi connectivity index (χ2n) is 5.22. The van der Waals surface area contributed by atoms with Crippen LogP contribution in [0.1, 0.15) is 30.5 Å². The van der Waals surface area contributed by atoms with Crippen LogP contribution in [0.25, 0.3) is 11.1 Å². The Labute approximate surface area is 127 Å². The lowest BCUT2D eigenvalue weighted by Gasteiger charge is -2.12. The normalized spacial score (nSPS) is 11.9. The first kappa shape index (κ1) is 15.2. The van der Waals surface area contributed by atoms with Crippen molar-refractivity contribution in [2.24, 2.45) is 0 Å². The number of benzene rings is 2. The molecule has 110 valence electrons. The lowest BCUT2D eigenvalue weighted by Crippen LogP contribution is -1.91. The first-order valence-corrected chi connectivity index (χ1v) is 7.03. The molecule has 0 bridgehead atoms.